The third-order valence-corrected chi connectivity index (χ3v) is 9.90. The van der Waals surface area contributed by atoms with E-state index in [1.54, 1.807) is 48.0 Å². The second-order valence-corrected chi connectivity index (χ2v) is 13.4. The van der Waals surface area contributed by atoms with Gasteiger partial charge in [-0.3, -0.25) is 9.59 Å². The van der Waals surface area contributed by atoms with E-state index in [0.717, 1.165) is 29.8 Å². The molecule has 1 fully saturated rings. The second-order valence-electron chi connectivity index (χ2n) is 13.4. The van der Waals surface area contributed by atoms with Crippen molar-refractivity contribution in [1.29, 1.82) is 0 Å². The lowest BCUT2D eigenvalue weighted by Crippen LogP contribution is -2.39. The van der Waals surface area contributed by atoms with E-state index in [2.05, 4.69) is 25.3 Å². The fraction of sp³-hybridized carbons (Fsp3) is 0.410. The summed E-state index contributed by atoms with van der Waals surface area (Å²) >= 11 is 0. The number of H-pyrrole nitrogens is 1. The Morgan fingerprint density at radius 2 is 1.80 bits per heavy atom. The summed E-state index contributed by atoms with van der Waals surface area (Å²) in [5, 5.41) is 10.6. The van der Waals surface area contributed by atoms with Crippen LogP contribution in [0.25, 0.3) is 22.3 Å². The largest absolute Gasteiger partial charge is 0.497 e. The van der Waals surface area contributed by atoms with E-state index in [1.807, 2.05) is 48.5 Å². The maximum Gasteiger partial charge on any atom is 0.411 e. The van der Waals surface area contributed by atoms with Gasteiger partial charge in [-0.2, -0.15) is 28.6 Å². The Kier molecular flexibility index (Phi) is 12.3. The van der Waals surface area contributed by atoms with Crippen LogP contribution >= 0.6 is 0 Å². The van der Waals surface area contributed by atoms with Gasteiger partial charge < -0.3 is 28.6 Å². The number of likely N-dealkylation sites (N-methyl/N-ethyl adjacent to an activating group) is 1. The molecule has 1 atom stereocenters. The van der Waals surface area contributed by atoms with E-state index in [0.29, 0.717) is 60.5 Å². The summed E-state index contributed by atoms with van der Waals surface area (Å²) in [5.41, 5.74) is 4.10. The van der Waals surface area contributed by atoms with E-state index >= 15 is 0 Å². The summed E-state index contributed by atoms with van der Waals surface area (Å²) in [7, 11) is 4.94. The Morgan fingerprint density at radius 3 is 2.52 bits per heavy atom. The predicted molar refractivity (Wildman–Crippen MR) is 196 cm³/mol. The number of imidazole rings is 1. The molecule has 1 saturated heterocycles. The van der Waals surface area contributed by atoms with Crippen LogP contribution in [0.3, 0.4) is 0 Å². The molecule has 0 radical (unpaired) electrons. The van der Waals surface area contributed by atoms with Gasteiger partial charge in [-0.15, -0.1) is 0 Å². The number of halogens is 3. The fourth-order valence-corrected chi connectivity index (χ4v) is 7.03. The van der Waals surface area contributed by atoms with E-state index < -0.39 is 12.8 Å². The molecule has 0 spiro atoms. The first-order valence-electron chi connectivity index (χ1n) is 17.8. The van der Waals surface area contributed by atoms with Crippen LogP contribution in [0.5, 0.6) is 11.5 Å². The van der Waals surface area contributed by atoms with Gasteiger partial charge in [-0.05, 0) is 86.9 Å². The Labute approximate surface area is 311 Å². The van der Waals surface area contributed by atoms with Gasteiger partial charge in [0.05, 0.1) is 43.6 Å². The summed E-state index contributed by atoms with van der Waals surface area (Å²) < 4.78 is 55.6. The molecule has 0 aliphatic carbocycles. The molecule has 15 heteroatoms. The third-order valence-electron chi connectivity index (χ3n) is 9.90. The Balaban J connectivity index is 1.11. The average molecular weight is 748 g/mol. The summed E-state index contributed by atoms with van der Waals surface area (Å²) in [6, 6.07) is 20.4. The number of rotatable bonds is 16. The topological polar surface area (TPSA) is 128 Å². The molecule has 5 aromatic rings. The number of alkyl halides is 3. The molecule has 1 aliphatic heterocycles. The normalized spacial score (nSPS) is 14.6. The highest BCUT2D eigenvalue weighted by Gasteiger charge is 2.31. The summed E-state index contributed by atoms with van der Waals surface area (Å²) in [6.07, 6.45) is -0.846. The lowest BCUT2D eigenvalue weighted by molar-refractivity contribution is -0.174. The molecule has 0 saturated carbocycles. The minimum Gasteiger partial charge on any atom is -0.497 e. The van der Waals surface area contributed by atoms with Crippen molar-refractivity contribution in [3.05, 3.63) is 89.9 Å². The number of ether oxygens (including phenoxy) is 3. The van der Waals surface area contributed by atoms with Crippen molar-refractivity contribution >= 4 is 22.7 Å². The molecule has 54 heavy (non-hydrogen) atoms. The molecule has 1 N–H and O–H groups in total. The predicted octanol–water partition coefficient (Wildman–Crippen LogP) is 6.26. The Bertz CT molecular complexity index is 2030. The van der Waals surface area contributed by atoms with Crippen molar-refractivity contribution in [1.82, 2.24) is 34.8 Å². The maximum atomic E-state index is 13.9. The van der Waals surface area contributed by atoms with Crippen LogP contribution in [0.15, 0.2) is 72.9 Å². The van der Waals surface area contributed by atoms with Crippen LogP contribution in [0.2, 0.25) is 0 Å². The number of likely N-dealkylation sites (tertiary alicyclic amines) is 1. The molecular weight excluding hydrogens is 703 g/mol. The molecule has 1 unspecified atom stereocenters. The van der Waals surface area contributed by atoms with Crippen molar-refractivity contribution in [2.45, 2.75) is 37.9 Å². The molecule has 3 aromatic carbocycles. The second kappa shape index (κ2) is 17.2. The van der Waals surface area contributed by atoms with Crippen LogP contribution < -0.4 is 9.47 Å². The molecule has 3 heterocycles. The standard InChI is InChI=1S/C39H44F3N7O5/c1-47(38(51)31-22-28(11-12-35(31)53-3)33-23-43-46-45-33)24-29(27-7-6-8-30(21-27)52-2)15-18-48-16-13-26(14-17-48)36(50)37-44-32-9-4-5-10-34(32)49(37)19-20-54-25-39(40,41)42/h4-12,21-23,26,29H,13-20,24-25H2,1-3H3,(H,43,45,46). The molecule has 286 valence electrons. The number of carbonyl (C=O) groups is 2. The van der Waals surface area contributed by atoms with Crippen LogP contribution in [-0.2, 0) is 11.3 Å². The number of amides is 1. The zero-order valence-corrected chi connectivity index (χ0v) is 30.5. The van der Waals surface area contributed by atoms with E-state index in [1.165, 1.54) is 7.11 Å². The van der Waals surface area contributed by atoms with Gasteiger partial charge in [0, 0.05) is 37.5 Å². The number of nitrogens with zero attached hydrogens (tertiary/aromatic N) is 6. The van der Waals surface area contributed by atoms with Crippen molar-refractivity contribution in [2.75, 3.05) is 60.7 Å². The maximum absolute atomic E-state index is 13.9. The van der Waals surface area contributed by atoms with Crippen molar-refractivity contribution in [2.24, 2.45) is 5.92 Å². The molecule has 2 aromatic heterocycles. The fourth-order valence-electron chi connectivity index (χ4n) is 7.03. The number of hydrogen-bond donors (Lipinski definition) is 1. The smallest absolute Gasteiger partial charge is 0.411 e. The zero-order valence-electron chi connectivity index (χ0n) is 30.5. The van der Waals surface area contributed by atoms with Gasteiger partial charge in [0.25, 0.3) is 5.91 Å². The number of piperidine rings is 1. The SMILES string of the molecule is COc1cccc(C(CCN2CCC(C(=O)c3nc4ccccc4n3CCOCC(F)(F)F)CC2)CN(C)C(=O)c2cc(-c3cn[nH]n3)ccc2OC)c1. The van der Waals surface area contributed by atoms with Gasteiger partial charge in [0.1, 0.15) is 23.8 Å². The van der Waals surface area contributed by atoms with Gasteiger partial charge in [-0.1, -0.05) is 24.3 Å². The number of methoxy groups -OCH3 is 2. The van der Waals surface area contributed by atoms with E-state index in [-0.39, 0.29) is 42.5 Å². The average Bonchev–Trinajstić information content (AvgIpc) is 3.86. The van der Waals surface area contributed by atoms with E-state index in [9.17, 15) is 22.8 Å². The van der Waals surface area contributed by atoms with Gasteiger partial charge in [-0.25, -0.2) is 4.98 Å². The van der Waals surface area contributed by atoms with Crippen molar-refractivity contribution in [3.63, 3.8) is 0 Å². The molecular formula is C39H44F3N7O5. The quantitative estimate of drug-likeness (QED) is 0.0920. The van der Waals surface area contributed by atoms with E-state index in [4.69, 9.17) is 14.2 Å². The number of carbonyl (C=O) groups excluding carboxylic acids is 2. The lowest BCUT2D eigenvalue weighted by Gasteiger charge is -2.33. The summed E-state index contributed by atoms with van der Waals surface area (Å²) in [6.45, 7) is 1.09. The molecule has 1 aliphatic rings. The highest BCUT2D eigenvalue weighted by atomic mass is 19.4. The lowest BCUT2D eigenvalue weighted by atomic mass is 9.90. The van der Waals surface area contributed by atoms with Crippen LogP contribution in [0.1, 0.15) is 51.7 Å². The number of para-hydroxylation sites is 2. The van der Waals surface area contributed by atoms with Crippen LogP contribution in [-0.4, -0.2) is 113 Å². The van der Waals surface area contributed by atoms with Crippen molar-refractivity contribution < 1.29 is 37.0 Å². The van der Waals surface area contributed by atoms with Gasteiger partial charge >= 0.3 is 6.18 Å². The van der Waals surface area contributed by atoms with Crippen LogP contribution in [0.4, 0.5) is 13.2 Å². The number of hydrogen-bond acceptors (Lipinski definition) is 9. The van der Waals surface area contributed by atoms with Gasteiger partial charge in [0.2, 0.25) is 5.78 Å². The third kappa shape index (κ3) is 9.26. The number of aromatic amines is 1. The summed E-state index contributed by atoms with van der Waals surface area (Å²) in [5.74, 6) is 0.831. The number of ketones is 1. The summed E-state index contributed by atoms with van der Waals surface area (Å²) in [4.78, 5) is 36.4. The minimum absolute atomic E-state index is 0.0300. The number of nitrogens with one attached hydrogen (secondary N) is 1. The number of aromatic nitrogens is 5. The first kappa shape index (κ1) is 38.4. The number of Topliss-reactive ketones (excluding diaryl/α,β-unsaturated/α-hetero) is 1. The Hall–Kier alpha value is -5.28. The first-order valence-corrected chi connectivity index (χ1v) is 17.8. The highest BCUT2D eigenvalue weighted by molar-refractivity contribution is 5.98. The molecule has 1 amide bonds. The molecule has 6 rings (SSSR count). The Morgan fingerprint density at radius 1 is 1.00 bits per heavy atom. The molecule has 12 nitrogen and oxygen atoms in total. The minimum atomic E-state index is -4.43. The molecule has 0 bridgehead atoms. The first-order chi connectivity index (χ1) is 26.0. The number of benzene rings is 3. The van der Waals surface area contributed by atoms with Crippen LogP contribution in [0, 0.1) is 5.92 Å². The highest BCUT2D eigenvalue weighted by Crippen LogP contribution is 2.31. The van der Waals surface area contributed by atoms with Crippen molar-refractivity contribution in [3.8, 4) is 22.8 Å². The number of fused-ring (bicyclic) bond motifs is 1. The zero-order chi connectivity index (χ0) is 38.2. The van der Waals surface area contributed by atoms with Gasteiger partial charge in [0.15, 0.2) is 5.82 Å². The monoisotopic (exact) mass is 747 g/mol.